The van der Waals surface area contributed by atoms with E-state index in [1.165, 1.54) is 19.4 Å². The van der Waals surface area contributed by atoms with Gasteiger partial charge in [0.2, 0.25) is 5.88 Å². The maximum absolute atomic E-state index is 11.1. The van der Waals surface area contributed by atoms with Crippen LogP contribution in [0, 0.1) is 0 Å². The number of benzene rings is 1. The zero-order valence-corrected chi connectivity index (χ0v) is 10.3. The van der Waals surface area contributed by atoms with Gasteiger partial charge in [0.1, 0.15) is 5.56 Å². The van der Waals surface area contributed by atoms with E-state index in [1.807, 2.05) is 6.07 Å². The summed E-state index contributed by atoms with van der Waals surface area (Å²) in [6, 6.07) is 8.67. The van der Waals surface area contributed by atoms with Gasteiger partial charge >= 0.3 is 5.97 Å². The summed E-state index contributed by atoms with van der Waals surface area (Å²) in [4.78, 5) is 15.1. The summed E-state index contributed by atoms with van der Waals surface area (Å²) < 4.78 is 4.90. The number of aromatic nitrogens is 1. The van der Waals surface area contributed by atoms with Crippen LogP contribution in [0.25, 0.3) is 11.1 Å². The van der Waals surface area contributed by atoms with E-state index in [2.05, 4.69) is 4.98 Å². The van der Waals surface area contributed by atoms with Crippen LogP contribution in [0.4, 0.5) is 0 Å². The predicted molar refractivity (Wildman–Crippen MR) is 68.2 cm³/mol. The quantitative estimate of drug-likeness (QED) is 0.924. The number of rotatable bonds is 3. The van der Waals surface area contributed by atoms with Crippen LogP contribution >= 0.6 is 11.6 Å². The molecular weight excluding hydrogens is 254 g/mol. The van der Waals surface area contributed by atoms with Gasteiger partial charge in [0.05, 0.1) is 7.11 Å². The lowest BCUT2D eigenvalue weighted by molar-refractivity contribution is 0.0692. The van der Waals surface area contributed by atoms with Gasteiger partial charge in [-0.1, -0.05) is 29.8 Å². The summed E-state index contributed by atoms with van der Waals surface area (Å²) in [6.45, 7) is 0. The van der Waals surface area contributed by atoms with E-state index in [0.717, 1.165) is 5.56 Å². The van der Waals surface area contributed by atoms with Crippen molar-refractivity contribution in [2.45, 2.75) is 0 Å². The third-order valence-corrected chi connectivity index (χ3v) is 2.79. The molecule has 2 aromatic rings. The van der Waals surface area contributed by atoms with E-state index < -0.39 is 5.97 Å². The molecule has 0 amide bonds. The van der Waals surface area contributed by atoms with Crippen LogP contribution in [0.1, 0.15) is 10.4 Å². The van der Waals surface area contributed by atoms with Crippen LogP contribution in [0.3, 0.4) is 0 Å². The lowest BCUT2D eigenvalue weighted by Crippen LogP contribution is -2.02. The Hall–Kier alpha value is -2.07. The van der Waals surface area contributed by atoms with Crippen molar-refractivity contribution in [2.75, 3.05) is 7.11 Å². The molecule has 0 fully saturated rings. The van der Waals surface area contributed by atoms with Crippen LogP contribution < -0.4 is 4.74 Å². The van der Waals surface area contributed by atoms with Crippen molar-refractivity contribution >= 4 is 17.6 Å². The summed E-state index contributed by atoms with van der Waals surface area (Å²) in [5.41, 5.74) is 1.38. The number of carbonyl (C=O) groups is 1. The first-order chi connectivity index (χ1) is 8.63. The summed E-state index contributed by atoms with van der Waals surface area (Å²) in [6.07, 6.45) is 1.53. The van der Waals surface area contributed by atoms with Gasteiger partial charge in [0, 0.05) is 22.3 Å². The molecule has 2 rings (SSSR count). The molecule has 0 aliphatic rings. The van der Waals surface area contributed by atoms with Gasteiger partial charge in [-0.2, -0.15) is 0 Å². The van der Waals surface area contributed by atoms with Crippen molar-refractivity contribution in [1.82, 2.24) is 4.98 Å². The van der Waals surface area contributed by atoms with Crippen LogP contribution in [0.15, 0.2) is 36.5 Å². The number of ether oxygens (including phenoxy) is 1. The van der Waals surface area contributed by atoms with E-state index in [4.69, 9.17) is 21.4 Å². The highest BCUT2D eigenvalue weighted by atomic mass is 35.5. The second-order valence-electron chi connectivity index (χ2n) is 3.57. The second kappa shape index (κ2) is 5.06. The van der Waals surface area contributed by atoms with Gasteiger partial charge in [0.15, 0.2) is 0 Å². The summed E-state index contributed by atoms with van der Waals surface area (Å²) in [5, 5.41) is 9.63. The van der Waals surface area contributed by atoms with Crippen LogP contribution in [-0.4, -0.2) is 23.2 Å². The van der Waals surface area contributed by atoms with Crippen LogP contribution in [-0.2, 0) is 0 Å². The fraction of sp³-hybridized carbons (Fsp3) is 0.0769. The number of methoxy groups -OCH3 is 1. The van der Waals surface area contributed by atoms with Gasteiger partial charge in [-0.05, 0) is 12.1 Å². The van der Waals surface area contributed by atoms with E-state index in [0.29, 0.717) is 10.6 Å². The Morgan fingerprint density at radius 2 is 2.11 bits per heavy atom. The molecule has 0 saturated heterocycles. The van der Waals surface area contributed by atoms with E-state index in [9.17, 15) is 4.79 Å². The normalized spacial score (nSPS) is 10.1. The molecule has 0 bridgehead atoms. The molecule has 0 saturated carbocycles. The maximum atomic E-state index is 11.1. The van der Waals surface area contributed by atoms with Gasteiger partial charge in [0.25, 0.3) is 0 Å². The Balaban J connectivity index is 2.57. The SMILES string of the molecule is COc1ncc(-c2ccccc2Cl)cc1C(=O)O. The highest BCUT2D eigenvalue weighted by Gasteiger charge is 2.14. The Morgan fingerprint density at radius 1 is 1.39 bits per heavy atom. The van der Waals surface area contributed by atoms with E-state index in [1.54, 1.807) is 18.2 Å². The number of hydrogen-bond donors (Lipinski definition) is 1. The molecule has 5 heteroatoms. The minimum Gasteiger partial charge on any atom is -0.480 e. The number of carboxylic acid groups (broad SMARTS) is 1. The Bertz CT molecular complexity index is 599. The molecule has 0 atom stereocenters. The predicted octanol–water partition coefficient (Wildman–Crippen LogP) is 3.11. The van der Waals surface area contributed by atoms with Gasteiger partial charge in [-0.25, -0.2) is 9.78 Å². The monoisotopic (exact) mass is 263 g/mol. The van der Waals surface area contributed by atoms with Crippen molar-refractivity contribution in [3.8, 4) is 17.0 Å². The highest BCUT2D eigenvalue weighted by molar-refractivity contribution is 6.33. The summed E-state index contributed by atoms with van der Waals surface area (Å²) >= 11 is 6.06. The molecular formula is C13H10ClNO3. The maximum Gasteiger partial charge on any atom is 0.341 e. The zero-order chi connectivity index (χ0) is 13.1. The topological polar surface area (TPSA) is 59.4 Å². The van der Waals surface area contributed by atoms with Crippen molar-refractivity contribution < 1.29 is 14.6 Å². The lowest BCUT2D eigenvalue weighted by Gasteiger charge is -2.07. The molecule has 1 N–H and O–H groups in total. The third-order valence-electron chi connectivity index (χ3n) is 2.46. The van der Waals surface area contributed by atoms with Gasteiger partial charge in [-0.3, -0.25) is 0 Å². The number of nitrogens with zero attached hydrogens (tertiary/aromatic N) is 1. The van der Waals surface area contributed by atoms with Crippen molar-refractivity contribution in [3.63, 3.8) is 0 Å². The van der Waals surface area contributed by atoms with E-state index >= 15 is 0 Å². The Morgan fingerprint density at radius 3 is 2.72 bits per heavy atom. The molecule has 18 heavy (non-hydrogen) atoms. The third kappa shape index (κ3) is 2.28. The average Bonchev–Trinajstić information content (AvgIpc) is 2.38. The zero-order valence-electron chi connectivity index (χ0n) is 9.55. The first-order valence-corrected chi connectivity index (χ1v) is 5.53. The highest BCUT2D eigenvalue weighted by Crippen LogP contribution is 2.29. The van der Waals surface area contributed by atoms with Gasteiger partial charge in [-0.15, -0.1) is 0 Å². The number of pyridine rings is 1. The second-order valence-corrected chi connectivity index (χ2v) is 3.97. The number of halogens is 1. The molecule has 0 aliphatic heterocycles. The van der Waals surface area contributed by atoms with Crippen LogP contribution in [0.2, 0.25) is 5.02 Å². The summed E-state index contributed by atoms with van der Waals surface area (Å²) in [5.74, 6) is -1.01. The number of carboxylic acids is 1. The first kappa shape index (κ1) is 12.4. The minimum atomic E-state index is -1.09. The van der Waals surface area contributed by atoms with Gasteiger partial charge < -0.3 is 9.84 Å². The Kier molecular flexibility index (Phi) is 3.48. The lowest BCUT2D eigenvalue weighted by atomic mass is 10.1. The van der Waals surface area contributed by atoms with E-state index in [-0.39, 0.29) is 11.4 Å². The smallest absolute Gasteiger partial charge is 0.341 e. The molecule has 1 aromatic carbocycles. The minimum absolute atomic E-state index is 0.00918. The van der Waals surface area contributed by atoms with Crippen molar-refractivity contribution in [3.05, 3.63) is 47.1 Å². The fourth-order valence-electron chi connectivity index (χ4n) is 1.61. The molecule has 0 spiro atoms. The largest absolute Gasteiger partial charge is 0.480 e. The molecule has 0 radical (unpaired) electrons. The molecule has 0 aliphatic carbocycles. The fourth-order valence-corrected chi connectivity index (χ4v) is 1.86. The standard InChI is InChI=1S/C13H10ClNO3/c1-18-12-10(13(16)17)6-8(7-15-12)9-4-2-3-5-11(9)14/h2-7H,1H3,(H,16,17). The molecule has 0 unspecified atom stereocenters. The van der Waals surface area contributed by atoms with Crippen molar-refractivity contribution in [1.29, 1.82) is 0 Å². The van der Waals surface area contributed by atoms with Crippen LogP contribution in [0.5, 0.6) is 5.88 Å². The molecule has 92 valence electrons. The number of aromatic carboxylic acids is 1. The molecule has 1 heterocycles. The number of hydrogen-bond acceptors (Lipinski definition) is 3. The van der Waals surface area contributed by atoms with Crippen molar-refractivity contribution in [2.24, 2.45) is 0 Å². The Labute approximate surface area is 109 Å². The molecule has 1 aromatic heterocycles. The summed E-state index contributed by atoms with van der Waals surface area (Å²) in [7, 11) is 1.38. The average molecular weight is 264 g/mol. The molecule has 4 nitrogen and oxygen atoms in total. The first-order valence-electron chi connectivity index (χ1n) is 5.15.